The van der Waals surface area contributed by atoms with Crippen LogP contribution in [0.1, 0.15) is 19.2 Å². The third kappa shape index (κ3) is 2.07. The van der Waals surface area contributed by atoms with Crippen LogP contribution in [0.3, 0.4) is 0 Å². The van der Waals surface area contributed by atoms with E-state index in [2.05, 4.69) is 50.6 Å². The van der Waals surface area contributed by atoms with Gasteiger partial charge in [0.15, 0.2) is 0 Å². The van der Waals surface area contributed by atoms with Crippen LogP contribution in [0.25, 0.3) is 11.0 Å². The molecule has 0 saturated carbocycles. The largest absolute Gasteiger partial charge is 0.328 e. The summed E-state index contributed by atoms with van der Waals surface area (Å²) in [7, 11) is 0. The van der Waals surface area contributed by atoms with Gasteiger partial charge in [-0.25, -0.2) is 4.98 Å². The second kappa shape index (κ2) is 4.79. The monoisotopic (exact) mass is 266 g/mol. The van der Waals surface area contributed by atoms with Gasteiger partial charge >= 0.3 is 0 Å². The van der Waals surface area contributed by atoms with Crippen LogP contribution in [0.5, 0.6) is 0 Å². The molecule has 1 aromatic carbocycles. The number of hydrogen-bond acceptors (Lipinski definition) is 1. The Hall–Kier alpha value is -0.830. The van der Waals surface area contributed by atoms with E-state index >= 15 is 0 Å². The lowest BCUT2D eigenvalue weighted by atomic mass is 10.3. The zero-order valence-electron chi connectivity index (χ0n) is 8.91. The molecule has 0 N–H and O–H groups in total. The molecule has 80 valence electrons. The van der Waals surface area contributed by atoms with Crippen LogP contribution in [0.2, 0.25) is 0 Å². The smallest absolute Gasteiger partial charge is 0.109 e. The summed E-state index contributed by atoms with van der Waals surface area (Å²) in [5, 5.41) is 1.04. The van der Waals surface area contributed by atoms with Crippen LogP contribution >= 0.6 is 15.9 Å². The number of fused-ring (bicyclic) bond motifs is 1. The first-order valence-electron chi connectivity index (χ1n) is 5.37. The second-order valence-corrected chi connectivity index (χ2v) is 4.36. The van der Waals surface area contributed by atoms with Crippen LogP contribution < -0.4 is 0 Å². The van der Waals surface area contributed by atoms with E-state index in [1.807, 2.05) is 6.07 Å². The van der Waals surface area contributed by atoms with Gasteiger partial charge in [0.25, 0.3) is 0 Å². The predicted molar refractivity (Wildman–Crippen MR) is 67.5 cm³/mol. The predicted octanol–water partition coefficient (Wildman–Crippen LogP) is 3.38. The minimum Gasteiger partial charge on any atom is -0.328 e. The van der Waals surface area contributed by atoms with E-state index in [0.29, 0.717) is 0 Å². The molecule has 0 unspecified atom stereocenters. The molecule has 1 aromatic heterocycles. The van der Waals surface area contributed by atoms with Gasteiger partial charge in [0.1, 0.15) is 5.82 Å². The fraction of sp³-hybridized carbons (Fsp3) is 0.417. The van der Waals surface area contributed by atoms with Crippen LogP contribution in [0.4, 0.5) is 0 Å². The van der Waals surface area contributed by atoms with Gasteiger partial charge in [-0.15, -0.1) is 0 Å². The molecular weight excluding hydrogens is 252 g/mol. The Kier molecular flexibility index (Phi) is 3.41. The van der Waals surface area contributed by atoms with Crippen LogP contribution in [0, 0.1) is 0 Å². The van der Waals surface area contributed by atoms with Gasteiger partial charge in [-0.05, 0) is 18.6 Å². The molecular formula is C12H15BrN2. The number of halogens is 1. The van der Waals surface area contributed by atoms with Crippen molar-refractivity contribution in [2.24, 2.45) is 0 Å². The Balaban J connectivity index is 2.47. The van der Waals surface area contributed by atoms with E-state index in [0.717, 1.165) is 30.2 Å². The number of nitrogens with zero attached hydrogens (tertiary/aromatic N) is 2. The van der Waals surface area contributed by atoms with Gasteiger partial charge < -0.3 is 4.57 Å². The van der Waals surface area contributed by atoms with Gasteiger partial charge in [-0.3, -0.25) is 0 Å². The maximum Gasteiger partial charge on any atom is 0.109 e. The number of imidazole rings is 1. The molecule has 2 nitrogen and oxygen atoms in total. The van der Waals surface area contributed by atoms with Crippen molar-refractivity contribution in [2.75, 3.05) is 5.33 Å². The Bertz CT molecular complexity index is 448. The van der Waals surface area contributed by atoms with Crippen molar-refractivity contribution >= 4 is 27.0 Å². The van der Waals surface area contributed by atoms with Crippen molar-refractivity contribution in [3.8, 4) is 0 Å². The molecule has 0 amide bonds. The highest BCUT2D eigenvalue weighted by molar-refractivity contribution is 9.09. The zero-order valence-corrected chi connectivity index (χ0v) is 10.5. The first-order valence-corrected chi connectivity index (χ1v) is 6.49. The third-order valence-corrected chi connectivity index (χ3v) is 3.13. The average molecular weight is 267 g/mol. The minimum atomic E-state index is 0.997. The molecule has 0 saturated heterocycles. The first-order chi connectivity index (χ1) is 7.36. The average Bonchev–Trinajstić information content (AvgIpc) is 2.64. The van der Waals surface area contributed by atoms with Gasteiger partial charge in [-0.1, -0.05) is 35.0 Å². The van der Waals surface area contributed by atoms with Crippen LogP contribution in [-0.4, -0.2) is 14.9 Å². The molecule has 0 aliphatic heterocycles. The number of aromatic nitrogens is 2. The Morgan fingerprint density at radius 1 is 1.33 bits per heavy atom. The molecule has 0 aliphatic rings. The van der Waals surface area contributed by atoms with E-state index < -0.39 is 0 Å². The summed E-state index contributed by atoms with van der Waals surface area (Å²) < 4.78 is 2.33. The molecule has 0 bridgehead atoms. The lowest BCUT2D eigenvalue weighted by Crippen LogP contribution is -2.03. The summed E-state index contributed by atoms with van der Waals surface area (Å²) in [6.45, 7) is 3.21. The number of hydrogen-bond donors (Lipinski definition) is 0. The number of para-hydroxylation sites is 2. The lowest BCUT2D eigenvalue weighted by Gasteiger charge is -2.06. The number of rotatable bonds is 4. The highest BCUT2D eigenvalue weighted by Gasteiger charge is 2.07. The van der Waals surface area contributed by atoms with Crippen molar-refractivity contribution < 1.29 is 0 Å². The maximum atomic E-state index is 4.63. The van der Waals surface area contributed by atoms with E-state index in [1.165, 1.54) is 11.3 Å². The highest BCUT2D eigenvalue weighted by Crippen LogP contribution is 2.16. The van der Waals surface area contributed by atoms with Crippen molar-refractivity contribution in [3.63, 3.8) is 0 Å². The molecule has 0 atom stereocenters. The van der Waals surface area contributed by atoms with Crippen LogP contribution in [0.15, 0.2) is 24.3 Å². The Morgan fingerprint density at radius 3 is 2.87 bits per heavy atom. The number of aryl methyl sites for hydroxylation is 2. The number of benzene rings is 1. The molecule has 3 heteroatoms. The van der Waals surface area contributed by atoms with E-state index in [1.54, 1.807) is 0 Å². The fourth-order valence-electron chi connectivity index (χ4n) is 1.86. The van der Waals surface area contributed by atoms with E-state index in [4.69, 9.17) is 0 Å². The van der Waals surface area contributed by atoms with E-state index in [9.17, 15) is 0 Å². The molecule has 2 rings (SSSR count). The van der Waals surface area contributed by atoms with Crippen LogP contribution in [-0.2, 0) is 13.0 Å². The molecule has 1 heterocycles. The van der Waals surface area contributed by atoms with Gasteiger partial charge in [0.05, 0.1) is 11.0 Å². The van der Waals surface area contributed by atoms with E-state index in [-0.39, 0.29) is 0 Å². The van der Waals surface area contributed by atoms with Crippen molar-refractivity contribution in [1.82, 2.24) is 9.55 Å². The van der Waals surface area contributed by atoms with Crippen molar-refractivity contribution in [3.05, 3.63) is 30.1 Å². The molecule has 0 spiro atoms. The topological polar surface area (TPSA) is 17.8 Å². The summed E-state index contributed by atoms with van der Waals surface area (Å²) in [6.07, 6.45) is 2.14. The molecule has 15 heavy (non-hydrogen) atoms. The van der Waals surface area contributed by atoms with Gasteiger partial charge in [-0.2, -0.15) is 0 Å². The van der Waals surface area contributed by atoms with Crippen molar-refractivity contribution in [1.29, 1.82) is 0 Å². The van der Waals surface area contributed by atoms with Gasteiger partial charge in [0, 0.05) is 18.3 Å². The molecule has 0 aliphatic carbocycles. The molecule has 2 aromatic rings. The second-order valence-electron chi connectivity index (χ2n) is 3.56. The maximum absolute atomic E-state index is 4.63. The number of alkyl halides is 1. The van der Waals surface area contributed by atoms with Crippen molar-refractivity contribution in [2.45, 2.75) is 26.3 Å². The minimum absolute atomic E-state index is 0.997. The lowest BCUT2D eigenvalue weighted by molar-refractivity contribution is 0.665. The van der Waals surface area contributed by atoms with Gasteiger partial charge in [0.2, 0.25) is 0 Å². The quantitative estimate of drug-likeness (QED) is 0.776. The summed E-state index contributed by atoms with van der Waals surface area (Å²) in [6, 6.07) is 8.35. The SMILES string of the molecule is CCc1nc2ccccc2n1CCCBr. The summed E-state index contributed by atoms with van der Waals surface area (Å²) in [5.74, 6) is 1.19. The zero-order chi connectivity index (χ0) is 10.7. The normalized spacial score (nSPS) is 11.1. The summed E-state index contributed by atoms with van der Waals surface area (Å²) >= 11 is 3.47. The fourth-order valence-corrected chi connectivity index (χ4v) is 2.11. The standard InChI is InChI=1S/C12H15BrN2/c1-2-12-14-10-6-3-4-7-11(10)15(12)9-5-8-13/h3-4,6-7H,2,5,8-9H2,1H3. The highest BCUT2D eigenvalue weighted by atomic mass is 79.9. The summed E-state index contributed by atoms with van der Waals surface area (Å²) in [5.41, 5.74) is 2.37. The molecule has 0 radical (unpaired) electrons. The third-order valence-electron chi connectivity index (χ3n) is 2.57. The molecule has 0 fully saturated rings. The summed E-state index contributed by atoms with van der Waals surface area (Å²) in [4.78, 5) is 4.63. The first kappa shape index (κ1) is 10.7. The Labute approximate surface area is 98.4 Å². The Morgan fingerprint density at radius 2 is 2.13 bits per heavy atom.